The fourth-order valence-electron chi connectivity index (χ4n) is 5.89. The summed E-state index contributed by atoms with van der Waals surface area (Å²) >= 11 is 0. The third kappa shape index (κ3) is 8.83. The molecule has 13 heteroatoms. The van der Waals surface area contributed by atoms with E-state index in [-0.39, 0.29) is 54.2 Å². The van der Waals surface area contributed by atoms with E-state index < -0.39 is 5.60 Å². The SMILES string of the molecule is C[C@H](CC(=O)N1CCC(O)(Cn2cnc3c(-c4ccc(CNC(=O)CCOCCN)cc4)n(C)nc3c2=O)CC1)c1ccccc1.Cl. The minimum Gasteiger partial charge on any atom is -0.388 e. The second-order valence-corrected chi connectivity index (χ2v) is 12.1. The molecule has 5 rings (SSSR count). The second-order valence-electron chi connectivity index (χ2n) is 12.1. The highest BCUT2D eigenvalue weighted by molar-refractivity contribution is 5.89. The van der Waals surface area contributed by atoms with Crippen LogP contribution < -0.4 is 16.6 Å². The van der Waals surface area contributed by atoms with Gasteiger partial charge in [0, 0.05) is 51.6 Å². The number of nitrogens with one attached hydrogen (secondary N) is 1. The average molecular weight is 666 g/mol. The van der Waals surface area contributed by atoms with E-state index in [1.807, 2.05) is 66.4 Å². The van der Waals surface area contributed by atoms with E-state index in [1.54, 1.807) is 11.7 Å². The average Bonchev–Trinajstić information content (AvgIpc) is 3.40. The molecule has 2 amide bonds. The lowest BCUT2D eigenvalue weighted by atomic mass is 9.90. The van der Waals surface area contributed by atoms with Crippen LogP contribution in [0.25, 0.3) is 22.3 Å². The van der Waals surface area contributed by atoms with Crippen molar-refractivity contribution in [2.75, 3.05) is 32.8 Å². The van der Waals surface area contributed by atoms with Gasteiger partial charge in [-0.05, 0) is 29.9 Å². The van der Waals surface area contributed by atoms with Crippen LogP contribution in [0.5, 0.6) is 0 Å². The Morgan fingerprint density at radius 1 is 1.06 bits per heavy atom. The number of hydrogen-bond donors (Lipinski definition) is 3. The summed E-state index contributed by atoms with van der Waals surface area (Å²) in [6.07, 6.45) is 2.88. The van der Waals surface area contributed by atoms with Gasteiger partial charge in [-0.15, -0.1) is 12.4 Å². The summed E-state index contributed by atoms with van der Waals surface area (Å²) < 4.78 is 8.31. The number of piperidine rings is 1. The number of aromatic nitrogens is 4. The van der Waals surface area contributed by atoms with Crippen molar-refractivity contribution >= 4 is 35.3 Å². The van der Waals surface area contributed by atoms with Gasteiger partial charge in [0.25, 0.3) is 5.56 Å². The maximum Gasteiger partial charge on any atom is 0.281 e. The molecular weight excluding hydrogens is 622 g/mol. The van der Waals surface area contributed by atoms with Crippen LogP contribution in [0, 0.1) is 0 Å². The van der Waals surface area contributed by atoms with Crippen molar-refractivity contribution < 1.29 is 19.4 Å². The van der Waals surface area contributed by atoms with Crippen LogP contribution in [0.3, 0.4) is 0 Å². The third-order valence-corrected chi connectivity index (χ3v) is 8.63. The highest BCUT2D eigenvalue weighted by atomic mass is 35.5. The molecule has 0 saturated carbocycles. The van der Waals surface area contributed by atoms with E-state index >= 15 is 0 Å². The van der Waals surface area contributed by atoms with Crippen molar-refractivity contribution in [3.8, 4) is 11.3 Å². The van der Waals surface area contributed by atoms with Crippen molar-refractivity contribution in [3.05, 3.63) is 82.4 Å². The molecule has 0 spiro atoms. The van der Waals surface area contributed by atoms with Gasteiger partial charge in [-0.25, -0.2) is 4.98 Å². The first-order chi connectivity index (χ1) is 22.2. The number of likely N-dealkylation sites (tertiary alicyclic amines) is 1. The molecule has 4 N–H and O–H groups in total. The smallest absolute Gasteiger partial charge is 0.281 e. The Morgan fingerprint density at radius 3 is 2.45 bits per heavy atom. The third-order valence-electron chi connectivity index (χ3n) is 8.63. The van der Waals surface area contributed by atoms with Crippen molar-refractivity contribution in [1.29, 1.82) is 0 Å². The first-order valence-corrected chi connectivity index (χ1v) is 15.8. The molecule has 1 atom stereocenters. The highest BCUT2D eigenvalue weighted by Crippen LogP contribution is 2.28. The number of hydrogen-bond acceptors (Lipinski definition) is 8. The number of amides is 2. The quantitative estimate of drug-likeness (QED) is 0.184. The van der Waals surface area contributed by atoms with Crippen LogP contribution in [0.15, 0.2) is 65.7 Å². The zero-order valence-electron chi connectivity index (χ0n) is 26.9. The molecule has 2 aromatic carbocycles. The fraction of sp³-hybridized carbons (Fsp3) is 0.441. The lowest BCUT2D eigenvalue weighted by Crippen LogP contribution is -2.49. The predicted molar refractivity (Wildman–Crippen MR) is 182 cm³/mol. The number of carbonyl (C=O) groups is 2. The van der Waals surface area contributed by atoms with Gasteiger partial charge in [0.15, 0.2) is 5.52 Å². The van der Waals surface area contributed by atoms with E-state index in [1.165, 1.54) is 10.9 Å². The number of halogens is 1. The number of carbonyl (C=O) groups excluding carboxylic acids is 2. The Hall–Kier alpha value is -4.10. The van der Waals surface area contributed by atoms with Crippen LogP contribution in [0.1, 0.15) is 49.7 Å². The molecule has 1 fully saturated rings. The van der Waals surface area contributed by atoms with Gasteiger partial charge in [0.2, 0.25) is 11.8 Å². The van der Waals surface area contributed by atoms with Crippen LogP contribution >= 0.6 is 12.4 Å². The number of rotatable bonds is 13. The first kappa shape index (κ1) is 35.7. The van der Waals surface area contributed by atoms with Crippen molar-refractivity contribution in [2.45, 2.75) is 57.2 Å². The number of benzene rings is 2. The molecule has 1 aliphatic heterocycles. The largest absolute Gasteiger partial charge is 0.388 e. The lowest BCUT2D eigenvalue weighted by molar-refractivity contribution is -0.136. The molecule has 0 aliphatic carbocycles. The van der Waals surface area contributed by atoms with Gasteiger partial charge in [0.05, 0.1) is 37.4 Å². The minimum atomic E-state index is -1.14. The van der Waals surface area contributed by atoms with Gasteiger partial charge in [-0.2, -0.15) is 5.10 Å². The molecule has 1 aliphatic rings. The summed E-state index contributed by atoms with van der Waals surface area (Å²) in [5.41, 5.74) is 8.19. The van der Waals surface area contributed by atoms with Crippen LogP contribution in [0.2, 0.25) is 0 Å². The van der Waals surface area contributed by atoms with E-state index in [2.05, 4.69) is 15.4 Å². The van der Waals surface area contributed by atoms with Gasteiger partial charge in [0.1, 0.15) is 5.52 Å². The van der Waals surface area contributed by atoms with Crippen LogP contribution in [0.4, 0.5) is 0 Å². The molecule has 0 bridgehead atoms. The van der Waals surface area contributed by atoms with Gasteiger partial charge >= 0.3 is 0 Å². The maximum absolute atomic E-state index is 13.5. The number of nitrogens with two attached hydrogens (primary N) is 1. The number of ether oxygens (including phenoxy) is 1. The Balaban J connectivity index is 0.00000500. The number of fused-ring (bicyclic) bond motifs is 1. The molecule has 4 aromatic rings. The summed E-state index contributed by atoms with van der Waals surface area (Å²) in [5.74, 6) is 0.0791. The summed E-state index contributed by atoms with van der Waals surface area (Å²) in [5, 5.41) is 18.8. The van der Waals surface area contributed by atoms with Gasteiger partial charge in [-0.1, -0.05) is 61.5 Å². The second kappa shape index (κ2) is 16.1. The van der Waals surface area contributed by atoms with E-state index in [0.717, 1.165) is 16.7 Å². The summed E-state index contributed by atoms with van der Waals surface area (Å²) in [4.78, 5) is 44.9. The van der Waals surface area contributed by atoms with Crippen molar-refractivity contribution in [3.63, 3.8) is 0 Å². The molecule has 3 heterocycles. The Morgan fingerprint density at radius 2 is 1.77 bits per heavy atom. The summed E-state index contributed by atoms with van der Waals surface area (Å²) in [6, 6.07) is 17.6. The topological polar surface area (TPSA) is 158 Å². The highest BCUT2D eigenvalue weighted by Gasteiger charge is 2.35. The first-order valence-electron chi connectivity index (χ1n) is 15.8. The monoisotopic (exact) mass is 665 g/mol. The molecule has 0 radical (unpaired) electrons. The zero-order chi connectivity index (χ0) is 32.7. The molecule has 0 unspecified atom stereocenters. The number of nitrogens with zero attached hydrogens (tertiary/aromatic N) is 5. The van der Waals surface area contributed by atoms with Crippen LogP contribution in [-0.2, 0) is 34.5 Å². The standard InChI is InChI=1S/C34H43N7O5.ClH/c1-24(26-6-4-3-5-7-26)20-29(43)40-16-13-34(45,14-17-40)22-41-23-37-30-31(33(41)44)38-39(2)32(30)27-10-8-25(9-11-27)21-36-28(42)12-18-46-19-15-35;/h3-11,23-24,45H,12-22,35H2,1-2H3,(H,36,42);1H/t24-;/m1./s1. The van der Waals surface area contributed by atoms with Gasteiger partial charge < -0.3 is 25.8 Å². The van der Waals surface area contributed by atoms with E-state index in [0.29, 0.717) is 69.9 Å². The minimum absolute atomic E-state index is 0. The lowest BCUT2D eigenvalue weighted by Gasteiger charge is -2.38. The van der Waals surface area contributed by atoms with E-state index in [4.69, 9.17) is 10.5 Å². The number of aliphatic hydroxyl groups is 1. The Bertz CT molecular complexity index is 1700. The van der Waals surface area contributed by atoms with Crippen LogP contribution in [-0.4, -0.2) is 79.6 Å². The fourth-order valence-corrected chi connectivity index (χ4v) is 5.89. The summed E-state index contributed by atoms with van der Waals surface area (Å²) in [6.45, 7) is 4.55. The molecule has 12 nitrogen and oxygen atoms in total. The summed E-state index contributed by atoms with van der Waals surface area (Å²) in [7, 11) is 1.76. The maximum atomic E-state index is 13.5. The zero-order valence-corrected chi connectivity index (χ0v) is 27.7. The predicted octanol–water partition coefficient (Wildman–Crippen LogP) is 2.75. The molecular formula is C34H44ClN7O5. The molecule has 47 heavy (non-hydrogen) atoms. The number of aryl methyl sites for hydroxylation is 1. The Kier molecular flexibility index (Phi) is 12.3. The van der Waals surface area contributed by atoms with Crippen molar-refractivity contribution in [2.24, 2.45) is 12.8 Å². The van der Waals surface area contributed by atoms with Gasteiger partial charge in [-0.3, -0.25) is 23.6 Å². The molecule has 2 aromatic heterocycles. The molecule has 1 saturated heterocycles. The Labute approximate surface area is 280 Å². The van der Waals surface area contributed by atoms with E-state index in [9.17, 15) is 19.5 Å². The molecule has 252 valence electrons. The van der Waals surface area contributed by atoms with Crippen molar-refractivity contribution in [1.82, 2.24) is 29.5 Å². The normalized spacial score (nSPS) is 14.9.